The van der Waals surface area contributed by atoms with Crippen molar-refractivity contribution in [1.29, 1.82) is 0 Å². The molecule has 1 atom stereocenters. The first-order valence-corrected chi connectivity index (χ1v) is 7.20. The molecule has 0 heterocycles. The van der Waals surface area contributed by atoms with Crippen molar-refractivity contribution in [3.8, 4) is 5.75 Å². The van der Waals surface area contributed by atoms with Gasteiger partial charge in [-0.1, -0.05) is 28.1 Å². The molecule has 0 aliphatic rings. The Hall–Kier alpha value is -1.39. The summed E-state index contributed by atoms with van der Waals surface area (Å²) in [6.45, 7) is 2.68. The molecule has 106 valence electrons. The van der Waals surface area contributed by atoms with Gasteiger partial charge in [-0.15, -0.1) is 0 Å². The Kier molecular flexibility index (Phi) is 5.15. The van der Waals surface area contributed by atoms with E-state index in [4.69, 9.17) is 4.74 Å². The highest BCUT2D eigenvalue weighted by molar-refractivity contribution is 9.10. The third-order valence-electron chi connectivity index (χ3n) is 3.22. The molecule has 2 nitrogen and oxygen atoms in total. The third kappa shape index (κ3) is 3.81. The van der Waals surface area contributed by atoms with E-state index in [1.165, 1.54) is 17.7 Å². The molecule has 0 aliphatic heterocycles. The van der Waals surface area contributed by atoms with Crippen molar-refractivity contribution in [3.63, 3.8) is 0 Å². The van der Waals surface area contributed by atoms with Gasteiger partial charge in [0.15, 0.2) is 0 Å². The largest absolute Gasteiger partial charge is 0.497 e. The van der Waals surface area contributed by atoms with Crippen LogP contribution in [0.4, 0.5) is 4.39 Å². The van der Waals surface area contributed by atoms with Crippen molar-refractivity contribution < 1.29 is 9.13 Å². The standard InChI is InChI=1S/C16H17BrFNO/c1-11(12-3-6-15(20-2)7-4-12)19-10-13-9-14(18)5-8-16(13)17/h3-9,11,19H,10H2,1-2H3. The Labute approximate surface area is 127 Å². The molecule has 0 bridgehead atoms. The third-order valence-corrected chi connectivity index (χ3v) is 4.00. The molecule has 0 aliphatic carbocycles. The molecule has 4 heteroatoms. The second-order valence-corrected chi connectivity index (χ2v) is 5.47. The van der Waals surface area contributed by atoms with E-state index in [2.05, 4.69) is 28.2 Å². The van der Waals surface area contributed by atoms with Gasteiger partial charge in [-0.05, 0) is 48.4 Å². The predicted octanol–water partition coefficient (Wildman–Crippen LogP) is 4.45. The highest BCUT2D eigenvalue weighted by Crippen LogP contribution is 2.20. The number of benzene rings is 2. The highest BCUT2D eigenvalue weighted by Gasteiger charge is 2.07. The van der Waals surface area contributed by atoms with Gasteiger partial charge in [-0.2, -0.15) is 0 Å². The Morgan fingerprint density at radius 2 is 1.90 bits per heavy atom. The smallest absolute Gasteiger partial charge is 0.123 e. The first-order valence-electron chi connectivity index (χ1n) is 6.41. The highest BCUT2D eigenvalue weighted by atomic mass is 79.9. The molecular weight excluding hydrogens is 321 g/mol. The minimum Gasteiger partial charge on any atom is -0.497 e. The molecule has 0 spiro atoms. The van der Waals surface area contributed by atoms with Gasteiger partial charge < -0.3 is 10.1 Å². The lowest BCUT2D eigenvalue weighted by atomic mass is 10.1. The van der Waals surface area contributed by atoms with Crippen LogP contribution in [0.2, 0.25) is 0 Å². The number of hydrogen-bond acceptors (Lipinski definition) is 2. The number of methoxy groups -OCH3 is 1. The lowest BCUT2D eigenvalue weighted by molar-refractivity contribution is 0.414. The quantitative estimate of drug-likeness (QED) is 0.870. The van der Waals surface area contributed by atoms with Gasteiger partial charge in [-0.3, -0.25) is 0 Å². The average molecular weight is 338 g/mol. The average Bonchev–Trinajstić information content (AvgIpc) is 2.48. The van der Waals surface area contributed by atoms with Gasteiger partial charge in [0.25, 0.3) is 0 Å². The molecule has 20 heavy (non-hydrogen) atoms. The summed E-state index contributed by atoms with van der Waals surface area (Å²) in [7, 11) is 1.65. The van der Waals surface area contributed by atoms with Crippen LogP contribution in [0.5, 0.6) is 5.75 Å². The maximum Gasteiger partial charge on any atom is 0.123 e. The Balaban J connectivity index is 2.00. The molecular formula is C16H17BrFNO. The van der Waals surface area contributed by atoms with Crippen molar-refractivity contribution in [2.75, 3.05) is 7.11 Å². The maximum atomic E-state index is 13.2. The summed E-state index contributed by atoms with van der Waals surface area (Å²) in [5, 5.41) is 3.38. The topological polar surface area (TPSA) is 21.3 Å². The van der Waals surface area contributed by atoms with E-state index in [0.29, 0.717) is 6.54 Å². The first-order chi connectivity index (χ1) is 9.60. The molecule has 0 radical (unpaired) electrons. The second-order valence-electron chi connectivity index (χ2n) is 4.61. The van der Waals surface area contributed by atoms with Crippen LogP contribution in [0.3, 0.4) is 0 Å². The van der Waals surface area contributed by atoms with E-state index in [1.54, 1.807) is 13.2 Å². The Bertz CT molecular complexity index is 571. The van der Waals surface area contributed by atoms with Crippen molar-refractivity contribution >= 4 is 15.9 Å². The van der Waals surface area contributed by atoms with Crippen LogP contribution in [-0.4, -0.2) is 7.11 Å². The zero-order valence-corrected chi connectivity index (χ0v) is 13.1. The Morgan fingerprint density at radius 3 is 2.55 bits per heavy atom. The molecule has 1 unspecified atom stereocenters. The van der Waals surface area contributed by atoms with E-state index >= 15 is 0 Å². The maximum absolute atomic E-state index is 13.2. The van der Waals surface area contributed by atoms with Gasteiger partial charge in [0.2, 0.25) is 0 Å². The summed E-state index contributed by atoms with van der Waals surface area (Å²) in [5.41, 5.74) is 2.07. The van der Waals surface area contributed by atoms with Crippen molar-refractivity contribution in [3.05, 3.63) is 63.9 Å². The molecule has 0 fully saturated rings. The molecule has 2 aromatic rings. The van der Waals surface area contributed by atoms with E-state index in [0.717, 1.165) is 15.8 Å². The molecule has 0 aromatic heterocycles. The van der Waals surface area contributed by atoms with Gasteiger partial charge >= 0.3 is 0 Å². The lowest BCUT2D eigenvalue weighted by Gasteiger charge is -2.15. The zero-order chi connectivity index (χ0) is 14.5. The summed E-state index contributed by atoms with van der Waals surface area (Å²) < 4.78 is 19.3. The minimum atomic E-state index is -0.220. The van der Waals surface area contributed by atoms with Crippen LogP contribution >= 0.6 is 15.9 Å². The molecule has 0 saturated carbocycles. The SMILES string of the molecule is COc1ccc(C(C)NCc2cc(F)ccc2Br)cc1. The van der Waals surface area contributed by atoms with Gasteiger partial charge in [0.05, 0.1) is 7.11 Å². The van der Waals surface area contributed by atoms with Crippen LogP contribution in [0.1, 0.15) is 24.1 Å². The van der Waals surface area contributed by atoms with Crippen molar-refractivity contribution in [2.24, 2.45) is 0 Å². The Morgan fingerprint density at radius 1 is 1.20 bits per heavy atom. The number of hydrogen-bond donors (Lipinski definition) is 1. The lowest BCUT2D eigenvalue weighted by Crippen LogP contribution is -2.18. The summed E-state index contributed by atoms with van der Waals surface area (Å²) in [4.78, 5) is 0. The number of halogens is 2. The van der Waals surface area contributed by atoms with E-state index in [-0.39, 0.29) is 11.9 Å². The molecule has 2 aromatic carbocycles. The summed E-state index contributed by atoms with van der Waals surface area (Å²) in [5.74, 6) is 0.621. The monoisotopic (exact) mass is 337 g/mol. The van der Waals surface area contributed by atoms with Crippen molar-refractivity contribution in [2.45, 2.75) is 19.5 Å². The van der Waals surface area contributed by atoms with Crippen molar-refractivity contribution in [1.82, 2.24) is 5.32 Å². The van der Waals surface area contributed by atoms with Crippen LogP contribution in [0, 0.1) is 5.82 Å². The number of nitrogens with one attached hydrogen (secondary N) is 1. The number of ether oxygens (including phenoxy) is 1. The van der Waals surface area contributed by atoms with Crippen LogP contribution < -0.4 is 10.1 Å². The predicted molar refractivity (Wildman–Crippen MR) is 82.3 cm³/mol. The van der Waals surface area contributed by atoms with E-state index in [9.17, 15) is 4.39 Å². The van der Waals surface area contributed by atoms with Crippen LogP contribution in [0.25, 0.3) is 0 Å². The summed E-state index contributed by atoms with van der Waals surface area (Å²) in [6.07, 6.45) is 0. The van der Waals surface area contributed by atoms with E-state index in [1.807, 2.05) is 24.3 Å². The van der Waals surface area contributed by atoms with Crippen LogP contribution in [0.15, 0.2) is 46.9 Å². The normalized spacial score (nSPS) is 12.2. The summed E-state index contributed by atoms with van der Waals surface area (Å²) in [6, 6.07) is 12.8. The molecule has 0 amide bonds. The summed E-state index contributed by atoms with van der Waals surface area (Å²) >= 11 is 3.43. The minimum absolute atomic E-state index is 0.177. The van der Waals surface area contributed by atoms with Crippen LogP contribution in [-0.2, 0) is 6.54 Å². The zero-order valence-electron chi connectivity index (χ0n) is 11.5. The fraction of sp³-hybridized carbons (Fsp3) is 0.250. The molecule has 2 rings (SSSR count). The number of rotatable bonds is 5. The molecule has 0 saturated heterocycles. The fourth-order valence-electron chi connectivity index (χ4n) is 1.95. The van der Waals surface area contributed by atoms with Gasteiger partial charge in [0.1, 0.15) is 11.6 Å². The van der Waals surface area contributed by atoms with Gasteiger partial charge in [-0.25, -0.2) is 4.39 Å². The van der Waals surface area contributed by atoms with Gasteiger partial charge in [0, 0.05) is 17.1 Å². The van der Waals surface area contributed by atoms with E-state index < -0.39 is 0 Å². The first kappa shape index (κ1) is 15.0. The fourth-order valence-corrected chi connectivity index (χ4v) is 2.34. The second kappa shape index (κ2) is 6.86. The molecule has 1 N–H and O–H groups in total.